The summed E-state index contributed by atoms with van der Waals surface area (Å²) in [4.78, 5) is 24.2. The molecule has 0 heterocycles. The summed E-state index contributed by atoms with van der Waals surface area (Å²) < 4.78 is 10.2. The van der Waals surface area contributed by atoms with Crippen LogP contribution in [-0.4, -0.2) is 25.2 Å². The largest absolute Gasteiger partial charge is 0.466 e. The fourth-order valence-electron chi connectivity index (χ4n) is 2.38. The lowest BCUT2D eigenvalue weighted by atomic mass is 9.69. The van der Waals surface area contributed by atoms with Crippen LogP contribution in [0.25, 0.3) is 0 Å². The fraction of sp³-hybridized carbons (Fsp3) is 0.867. The number of carbonyl (C=O) groups excluding carboxylic acids is 2. The van der Waals surface area contributed by atoms with Crippen LogP contribution in [0.5, 0.6) is 0 Å². The molecule has 4 heteroatoms. The number of carbonyl (C=O) groups is 2. The maximum atomic E-state index is 12.4. The molecule has 0 aliphatic rings. The van der Waals surface area contributed by atoms with E-state index in [1.165, 1.54) is 0 Å². The highest BCUT2D eigenvalue weighted by Crippen LogP contribution is 2.40. The average molecular weight is 272 g/mol. The van der Waals surface area contributed by atoms with Crippen molar-refractivity contribution >= 4 is 11.9 Å². The van der Waals surface area contributed by atoms with Crippen LogP contribution in [0.1, 0.15) is 54.4 Å². The lowest BCUT2D eigenvalue weighted by molar-refractivity contribution is -0.167. The molecule has 0 radical (unpaired) electrons. The summed E-state index contributed by atoms with van der Waals surface area (Å²) in [6.07, 6.45) is 0.720. The highest BCUT2D eigenvalue weighted by Gasteiger charge is 2.45. The first kappa shape index (κ1) is 17.9. The molecule has 0 aromatic carbocycles. The maximum Gasteiger partial charge on any atom is 0.312 e. The van der Waals surface area contributed by atoms with Gasteiger partial charge in [-0.15, -0.1) is 0 Å². The Labute approximate surface area is 116 Å². The number of rotatable bonds is 8. The van der Waals surface area contributed by atoms with Crippen LogP contribution in [-0.2, 0) is 19.1 Å². The second-order valence-electron chi connectivity index (χ2n) is 5.61. The van der Waals surface area contributed by atoms with Crippen molar-refractivity contribution in [3.63, 3.8) is 0 Å². The Hall–Kier alpha value is -1.06. The normalized spacial score (nSPS) is 14.3. The molecule has 0 saturated heterocycles. The van der Waals surface area contributed by atoms with Crippen LogP contribution in [0.3, 0.4) is 0 Å². The third kappa shape index (κ3) is 5.21. The Morgan fingerprint density at radius 2 is 1.53 bits per heavy atom. The van der Waals surface area contributed by atoms with E-state index >= 15 is 0 Å². The molecule has 0 amide bonds. The van der Waals surface area contributed by atoms with E-state index in [0.29, 0.717) is 25.6 Å². The summed E-state index contributed by atoms with van der Waals surface area (Å²) in [6, 6.07) is 0. The molecule has 0 N–H and O–H groups in total. The zero-order valence-corrected chi connectivity index (χ0v) is 13.1. The zero-order valence-electron chi connectivity index (χ0n) is 13.1. The van der Waals surface area contributed by atoms with Gasteiger partial charge in [0.2, 0.25) is 0 Å². The van der Waals surface area contributed by atoms with Gasteiger partial charge in [-0.05, 0) is 32.1 Å². The van der Waals surface area contributed by atoms with E-state index in [-0.39, 0.29) is 24.3 Å². The lowest BCUT2D eigenvalue weighted by Crippen LogP contribution is -2.41. The minimum Gasteiger partial charge on any atom is -0.466 e. The van der Waals surface area contributed by atoms with Crippen LogP contribution in [0.15, 0.2) is 0 Å². The average Bonchev–Trinajstić information content (AvgIpc) is 2.27. The van der Waals surface area contributed by atoms with Gasteiger partial charge in [0.05, 0.1) is 25.0 Å². The third-order valence-corrected chi connectivity index (χ3v) is 3.32. The first-order chi connectivity index (χ1) is 8.80. The van der Waals surface area contributed by atoms with Gasteiger partial charge in [-0.25, -0.2) is 0 Å². The van der Waals surface area contributed by atoms with Crippen LogP contribution >= 0.6 is 0 Å². The second-order valence-corrected chi connectivity index (χ2v) is 5.61. The van der Waals surface area contributed by atoms with E-state index in [9.17, 15) is 9.59 Å². The van der Waals surface area contributed by atoms with Crippen LogP contribution in [0.2, 0.25) is 0 Å². The van der Waals surface area contributed by atoms with Gasteiger partial charge in [-0.2, -0.15) is 0 Å². The molecule has 0 saturated carbocycles. The van der Waals surface area contributed by atoms with E-state index in [2.05, 4.69) is 0 Å². The minimum atomic E-state index is -0.781. The molecule has 0 spiro atoms. The van der Waals surface area contributed by atoms with E-state index in [1.807, 2.05) is 27.7 Å². The molecular weight excluding hydrogens is 244 g/mol. The number of ether oxygens (including phenoxy) is 2. The van der Waals surface area contributed by atoms with Crippen LogP contribution < -0.4 is 0 Å². The first-order valence-corrected chi connectivity index (χ1v) is 7.13. The van der Waals surface area contributed by atoms with Gasteiger partial charge < -0.3 is 9.47 Å². The highest BCUT2D eigenvalue weighted by atomic mass is 16.5. The number of esters is 2. The third-order valence-electron chi connectivity index (χ3n) is 3.32. The van der Waals surface area contributed by atoms with Crippen LogP contribution in [0, 0.1) is 17.3 Å². The van der Waals surface area contributed by atoms with Gasteiger partial charge in [0.1, 0.15) is 0 Å². The summed E-state index contributed by atoms with van der Waals surface area (Å²) >= 11 is 0. The van der Waals surface area contributed by atoms with Crippen molar-refractivity contribution in [1.29, 1.82) is 0 Å². The number of hydrogen-bond donors (Lipinski definition) is 0. The molecule has 1 atom stereocenters. The summed E-state index contributed by atoms with van der Waals surface area (Å²) in [5.74, 6) is -0.281. The van der Waals surface area contributed by atoms with Crippen molar-refractivity contribution < 1.29 is 19.1 Å². The molecule has 0 aromatic rings. The summed E-state index contributed by atoms with van der Waals surface area (Å²) in [7, 11) is 0. The van der Waals surface area contributed by atoms with E-state index in [4.69, 9.17) is 9.47 Å². The lowest BCUT2D eigenvalue weighted by Gasteiger charge is -2.35. The topological polar surface area (TPSA) is 52.6 Å². The minimum absolute atomic E-state index is 0.0263. The van der Waals surface area contributed by atoms with Crippen molar-refractivity contribution in [2.75, 3.05) is 13.2 Å². The van der Waals surface area contributed by atoms with Crippen molar-refractivity contribution in [2.45, 2.75) is 54.4 Å². The molecule has 112 valence electrons. The quantitative estimate of drug-likeness (QED) is 0.637. The van der Waals surface area contributed by atoms with Crippen molar-refractivity contribution in [2.24, 2.45) is 17.3 Å². The molecule has 19 heavy (non-hydrogen) atoms. The van der Waals surface area contributed by atoms with Gasteiger partial charge in [-0.3, -0.25) is 9.59 Å². The number of hydrogen-bond acceptors (Lipinski definition) is 4. The summed E-state index contributed by atoms with van der Waals surface area (Å²) in [5.41, 5.74) is -0.781. The SMILES string of the molecule is CCOC(=O)CC(CC(C)C)(C(=O)OCC)C(C)C. The van der Waals surface area contributed by atoms with Gasteiger partial charge >= 0.3 is 11.9 Å². The Bertz CT molecular complexity index is 297. The highest BCUT2D eigenvalue weighted by molar-refractivity contribution is 5.83. The molecule has 0 bridgehead atoms. The van der Waals surface area contributed by atoms with Crippen molar-refractivity contribution in [1.82, 2.24) is 0 Å². The molecule has 0 rings (SSSR count). The Morgan fingerprint density at radius 3 is 1.89 bits per heavy atom. The fourth-order valence-corrected chi connectivity index (χ4v) is 2.38. The summed E-state index contributed by atoms with van der Waals surface area (Å²) in [5, 5.41) is 0. The Morgan fingerprint density at radius 1 is 1.00 bits per heavy atom. The predicted octanol–water partition coefficient (Wildman–Crippen LogP) is 3.19. The predicted molar refractivity (Wildman–Crippen MR) is 74.6 cm³/mol. The zero-order chi connectivity index (χ0) is 15.1. The van der Waals surface area contributed by atoms with E-state index < -0.39 is 5.41 Å². The van der Waals surface area contributed by atoms with E-state index in [0.717, 1.165) is 0 Å². The summed E-state index contributed by atoms with van der Waals surface area (Å²) in [6.45, 7) is 12.2. The van der Waals surface area contributed by atoms with Gasteiger partial charge in [-0.1, -0.05) is 27.7 Å². The van der Waals surface area contributed by atoms with Crippen LogP contribution in [0.4, 0.5) is 0 Å². The second kappa shape index (κ2) is 8.18. The van der Waals surface area contributed by atoms with Gasteiger partial charge in [0, 0.05) is 0 Å². The maximum absolute atomic E-state index is 12.4. The Kier molecular flexibility index (Phi) is 7.72. The Balaban J connectivity index is 5.25. The smallest absolute Gasteiger partial charge is 0.312 e. The molecule has 0 aliphatic heterocycles. The van der Waals surface area contributed by atoms with Gasteiger partial charge in [0.15, 0.2) is 0 Å². The molecule has 4 nitrogen and oxygen atoms in total. The van der Waals surface area contributed by atoms with Crippen molar-refractivity contribution in [3.05, 3.63) is 0 Å². The monoisotopic (exact) mass is 272 g/mol. The van der Waals surface area contributed by atoms with Crippen molar-refractivity contribution in [3.8, 4) is 0 Å². The molecule has 0 fully saturated rings. The molecule has 1 unspecified atom stereocenters. The standard InChI is InChI=1S/C15H28O4/c1-7-18-13(16)10-15(12(5)6,9-11(3)4)14(17)19-8-2/h11-12H,7-10H2,1-6H3. The molecule has 0 aliphatic carbocycles. The first-order valence-electron chi connectivity index (χ1n) is 7.13. The molecule has 0 aromatic heterocycles. The molecular formula is C15H28O4. The van der Waals surface area contributed by atoms with E-state index in [1.54, 1.807) is 13.8 Å². The van der Waals surface area contributed by atoms with Gasteiger partial charge in [0.25, 0.3) is 0 Å².